The first kappa shape index (κ1) is 12.9. The lowest BCUT2D eigenvalue weighted by molar-refractivity contribution is 0.262. The summed E-state index contributed by atoms with van der Waals surface area (Å²) in [6.07, 6.45) is 1.67. The van der Waals surface area contributed by atoms with Crippen LogP contribution in [-0.2, 0) is 0 Å². The summed E-state index contributed by atoms with van der Waals surface area (Å²) in [5.41, 5.74) is 8.54. The second-order valence-electron chi connectivity index (χ2n) is 4.55. The Balaban J connectivity index is 1.85. The summed E-state index contributed by atoms with van der Waals surface area (Å²) in [5.74, 6) is 0. The number of nitrogens with one attached hydrogen (secondary N) is 2. The first-order valence-corrected chi connectivity index (χ1v) is 6.50. The van der Waals surface area contributed by atoms with Gasteiger partial charge in [0.1, 0.15) is 0 Å². The monoisotopic (exact) mass is 278 g/mol. The van der Waals surface area contributed by atoms with Crippen LogP contribution >= 0.6 is 0 Å². The molecule has 0 aliphatic heterocycles. The molecule has 0 spiro atoms. The molecule has 5 nitrogen and oxygen atoms in total. The molecule has 0 atom stereocenters. The Bertz CT molecular complexity index is 787. The number of carbonyl (C=O) groups excluding carboxylic acids is 1. The van der Waals surface area contributed by atoms with Gasteiger partial charge >= 0.3 is 6.03 Å². The summed E-state index contributed by atoms with van der Waals surface area (Å²) < 4.78 is 0. The van der Waals surface area contributed by atoms with Gasteiger partial charge in [0.25, 0.3) is 0 Å². The lowest BCUT2D eigenvalue weighted by Gasteiger charge is -2.10. The Morgan fingerprint density at radius 2 is 1.76 bits per heavy atom. The zero-order valence-electron chi connectivity index (χ0n) is 11.2. The van der Waals surface area contributed by atoms with Gasteiger partial charge in [0.2, 0.25) is 0 Å². The fourth-order valence-electron chi connectivity index (χ4n) is 2.11. The summed E-state index contributed by atoms with van der Waals surface area (Å²) in [5, 5.41) is 6.39. The number of urea groups is 1. The quantitative estimate of drug-likeness (QED) is 0.628. The Labute approximate surface area is 121 Å². The van der Waals surface area contributed by atoms with Crippen LogP contribution in [0.4, 0.5) is 21.9 Å². The van der Waals surface area contributed by atoms with Crippen LogP contribution in [0.5, 0.6) is 0 Å². The van der Waals surface area contributed by atoms with Gasteiger partial charge in [-0.15, -0.1) is 0 Å². The average molecular weight is 278 g/mol. The van der Waals surface area contributed by atoms with Crippen molar-refractivity contribution in [2.75, 3.05) is 16.4 Å². The minimum atomic E-state index is -0.309. The molecule has 0 aliphatic carbocycles. The lowest BCUT2D eigenvalue weighted by Crippen LogP contribution is -2.19. The molecule has 3 rings (SSSR count). The Morgan fingerprint density at radius 3 is 2.57 bits per heavy atom. The van der Waals surface area contributed by atoms with Crippen LogP contribution in [-0.4, -0.2) is 11.0 Å². The lowest BCUT2D eigenvalue weighted by atomic mass is 10.1. The number of nitrogens with zero attached hydrogens (tertiary/aromatic N) is 1. The Hall–Kier alpha value is -3.08. The number of nitrogens with two attached hydrogens (primary N) is 1. The third kappa shape index (κ3) is 2.76. The molecule has 4 N–H and O–H groups in total. The third-order valence-corrected chi connectivity index (χ3v) is 3.08. The highest BCUT2D eigenvalue weighted by molar-refractivity contribution is 6.07. The van der Waals surface area contributed by atoms with Crippen molar-refractivity contribution in [2.24, 2.45) is 0 Å². The van der Waals surface area contributed by atoms with E-state index in [2.05, 4.69) is 15.6 Å². The van der Waals surface area contributed by atoms with E-state index in [1.807, 2.05) is 42.5 Å². The smallest absolute Gasteiger partial charge is 0.323 e. The Kier molecular flexibility index (Phi) is 3.39. The molecule has 0 aliphatic rings. The van der Waals surface area contributed by atoms with Crippen LogP contribution in [0.1, 0.15) is 0 Å². The number of pyridine rings is 1. The van der Waals surface area contributed by atoms with E-state index in [1.54, 1.807) is 18.3 Å². The number of hydrogen-bond donors (Lipinski definition) is 3. The molecule has 2 aromatic carbocycles. The van der Waals surface area contributed by atoms with E-state index in [4.69, 9.17) is 5.73 Å². The molecule has 104 valence electrons. The second-order valence-corrected chi connectivity index (χ2v) is 4.55. The van der Waals surface area contributed by atoms with Crippen LogP contribution in [0.2, 0.25) is 0 Å². The number of hydrogen-bond acceptors (Lipinski definition) is 3. The summed E-state index contributed by atoms with van der Waals surface area (Å²) in [7, 11) is 0. The van der Waals surface area contributed by atoms with Gasteiger partial charge in [0, 0.05) is 17.3 Å². The number of fused-ring (bicyclic) bond motifs is 1. The summed E-state index contributed by atoms with van der Waals surface area (Å²) in [6.45, 7) is 0. The molecule has 0 radical (unpaired) electrons. The van der Waals surface area contributed by atoms with Crippen molar-refractivity contribution in [3.63, 3.8) is 0 Å². The van der Waals surface area contributed by atoms with Gasteiger partial charge in [-0.3, -0.25) is 4.98 Å². The van der Waals surface area contributed by atoms with Gasteiger partial charge in [-0.1, -0.05) is 18.2 Å². The van der Waals surface area contributed by atoms with Gasteiger partial charge < -0.3 is 16.4 Å². The molecule has 21 heavy (non-hydrogen) atoms. The highest BCUT2D eigenvalue weighted by atomic mass is 16.2. The second kappa shape index (κ2) is 5.50. The molecule has 0 saturated heterocycles. The van der Waals surface area contributed by atoms with Crippen molar-refractivity contribution < 1.29 is 4.79 Å². The molecule has 1 aromatic heterocycles. The highest BCUT2D eigenvalue weighted by Gasteiger charge is 2.08. The van der Waals surface area contributed by atoms with E-state index in [9.17, 15) is 4.79 Å². The SMILES string of the molecule is Nc1ccc(NC(=O)Nc2ccccc2)c2cccnc12. The predicted octanol–water partition coefficient (Wildman–Crippen LogP) is 3.46. The van der Waals surface area contributed by atoms with E-state index >= 15 is 0 Å². The number of rotatable bonds is 2. The molecule has 0 unspecified atom stereocenters. The van der Waals surface area contributed by atoms with Gasteiger partial charge in [0.05, 0.1) is 16.9 Å². The van der Waals surface area contributed by atoms with Crippen molar-refractivity contribution in [3.05, 3.63) is 60.8 Å². The fraction of sp³-hybridized carbons (Fsp3) is 0. The normalized spacial score (nSPS) is 10.3. The Morgan fingerprint density at radius 1 is 0.952 bits per heavy atom. The van der Waals surface area contributed by atoms with Gasteiger partial charge in [0.15, 0.2) is 0 Å². The summed E-state index contributed by atoms with van der Waals surface area (Å²) in [6, 6.07) is 16.1. The van der Waals surface area contributed by atoms with Gasteiger partial charge in [-0.05, 0) is 36.4 Å². The van der Waals surface area contributed by atoms with Crippen LogP contribution in [0.15, 0.2) is 60.8 Å². The van der Waals surface area contributed by atoms with Crippen molar-refractivity contribution in [1.29, 1.82) is 0 Å². The maximum Gasteiger partial charge on any atom is 0.323 e. The molecule has 0 bridgehead atoms. The van der Waals surface area contributed by atoms with E-state index < -0.39 is 0 Å². The highest BCUT2D eigenvalue weighted by Crippen LogP contribution is 2.26. The molecule has 2 amide bonds. The molecular weight excluding hydrogens is 264 g/mol. The molecule has 3 aromatic rings. The van der Waals surface area contributed by atoms with Crippen molar-refractivity contribution in [1.82, 2.24) is 4.98 Å². The minimum Gasteiger partial charge on any atom is -0.397 e. The third-order valence-electron chi connectivity index (χ3n) is 3.08. The summed E-state index contributed by atoms with van der Waals surface area (Å²) >= 11 is 0. The van der Waals surface area contributed by atoms with E-state index in [0.29, 0.717) is 16.9 Å². The number of amides is 2. The van der Waals surface area contributed by atoms with Crippen LogP contribution in [0, 0.1) is 0 Å². The molecule has 0 fully saturated rings. The van der Waals surface area contributed by atoms with Crippen LogP contribution < -0.4 is 16.4 Å². The van der Waals surface area contributed by atoms with Gasteiger partial charge in [-0.25, -0.2) is 4.79 Å². The number of anilines is 3. The molecular formula is C16H14N4O. The number of carbonyl (C=O) groups is 1. The zero-order chi connectivity index (χ0) is 14.7. The van der Waals surface area contributed by atoms with E-state index in [0.717, 1.165) is 11.1 Å². The molecule has 0 saturated carbocycles. The maximum atomic E-state index is 12.0. The number of nitrogen functional groups attached to an aromatic ring is 1. The van der Waals surface area contributed by atoms with E-state index in [1.165, 1.54) is 0 Å². The minimum absolute atomic E-state index is 0.309. The number of aromatic nitrogens is 1. The van der Waals surface area contributed by atoms with E-state index in [-0.39, 0.29) is 6.03 Å². The first-order valence-electron chi connectivity index (χ1n) is 6.50. The summed E-state index contributed by atoms with van der Waals surface area (Å²) in [4.78, 5) is 16.3. The standard InChI is InChI=1S/C16H14N4O/c17-13-8-9-14(12-7-4-10-18-15(12)13)20-16(21)19-11-5-2-1-3-6-11/h1-10H,17H2,(H2,19,20,21). The fourth-order valence-corrected chi connectivity index (χ4v) is 2.11. The first-order chi connectivity index (χ1) is 10.2. The number of benzene rings is 2. The number of para-hydroxylation sites is 1. The van der Waals surface area contributed by atoms with Crippen molar-refractivity contribution in [2.45, 2.75) is 0 Å². The van der Waals surface area contributed by atoms with Gasteiger partial charge in [-0.2, -0.15) is 0 Å². The predicted molar refractivity (Wildman–Crippen MR) is 85.2 cm³/mol. The van der Waals surface area contributed by atoms with Crippen molar-refractivity contribution in [3.8, 4) is 0 Å². The van der Waals surface area contributed by atoms with Crippen LogP contribution in [0.25, 0.3) is 10.9 Å². The topological polar surface area (TPSA) is 80.0 Å². The zero-order valence-corrected chi connectivity index (χ0v) is 11.2. The van der Waals surface area contributed by atoms with Crippen LogP contribution in [0.3, 0.4) is 0 Å². The average Bonchev–Trinajstić information content (AvgIpc) is 2.51. The molecule has 1 heterocycles. The maximum absolute atomic E-state index is 12.0. The van der Waals surface area contributed by atoms with Crippen molar-refractivity contribution >= 4 is 34.0 Å². The largest absolute Gasteiger partial charge is 0.397 e. The molecule has 5 heteroatoms.